The zero-order chi connectivity index (χ0) is 14.9. The molecule has 2 aromatic heterocycles. The molecule has 4 nitrogen and oxygen atoms in total. The topological polar surface area (TPSA) is 46.1 Å². The van der Waals surface area contributed by atoms with Gasteiger partial charge in [0.05, 0.1) is 11.6 Å². The Kier molecular flexibility index (Phi) is 4.62. The minimum atomic E-state index is -0.231. The SMILES string of the molecule is Cc1ccc(C(C)N(C)C(=O)c2cc(Cl)nnc2Cl)s1. The molecule has 0 spiro atoms. The van der Waals surface area contributed by atoms with Crippen molar-refractivity contribution >= 4 is 40.4 Å². The zero-order valence-corrected chi connectivity index (χ0v) is 13.6. The third-order valence-electron chi connectivity index (χ3n) is 3.02. The summed E-state index contributed by atoms with van der Waals surface area (Å²) < 4.78 is 0. The van der Waals surface area contributed by atoms with Crippen LogP contribution in [0.25, 0.3) is 0 Å². The van der Waals surface area contributed by atoms with Crippen LogP contribution in [0, 0.1) is 6.92 Å². The molecule has 0 saturated heterocycles. The Bertz CT molecular complexity index is 644. The highest BCUT2D eigenvalue weighted by molar-refractivity contribution is 7.12. The first kappa shape index (κ1) is 15.2. The molecule has 0 bridgehead atoms. The Hall–Kier alpha value is -1.17. The molecule has 0 N–H and O–H groups in total. The van der Waals surface area contributed by atoms with Gasteiger partial charge >= 0.3 is 0 Å². The summed E-state index contributed by atoms with van der Waals surface area (Å²) in [4.78, 5) is 16.4. The van der Waals surface area contributed by atoms with Crippen molar-refractivity contribution in [3.05, 3.63) is 43.8 Å². The van der Waals surface area contributed by atoms with Crippen molar-refractivity contribution < 1.29 is 4.79 Å². The predicted octanol–water partition coefficient (Wildman–Crippen LogP) is 3.99. The second-order valence-electron chi connectivity index (χ2n) is 4.41. The summed E-state index contributed by atoms with van der Waals surface area (Å²) in [5.74, 6) is -0.231. The first-order valence-corrected chi connectivity index (χ1v) is 7.49. The van der Waals surface area contributed by atoms with Crippen LogP contribution in [0.1, 0.15) is 33.1 Å². The third-order valence-corrected chi connectivity index (χ3v) is 4.66. The summed E-state index contributed by atoms with van der Waals surface area (Å²) >= 11 is 13.3. The zero-order valence-electron chi connectivity index (χ0n) is 11.2. The van der Waals surface area contributed by atoms with E-state index < -0.39 is 0 Å². The molecular formula is C13H13Cl2N3OS. The number of rotatable bonds is 3. The summed E-state index contributed by atoms with van der Waals surface area (Å²) in [5.41, 5.74) is 0.259. The van der Waals surface area contributed by atoms with E-state index in [4.69, 9.17) is 23.2 Å². The van der Waals surface area contributed by atoms with Gasteiger partial charge < -0.3 is 4.90 Å². The van der Waals surface area contributed by atoms with Crippen molar-refractivity contribution in [2.24, 2.45) is 0 Å². The average molecular weight is 330 g/mol. The van der Waals surface area contributed by atoms with Gasteiger partial charge in [-0.15, -0.1) is 21.5 Å². The Labute approximate surface area is 131 Å². The maximum absolute atomic E-state index is 12.5. The normalized spacial score (nSPS) is 12.2. The molecule has 1 amide bonds. The Morgan fingerprint density at radius 1 is 1.35 bits per heavy atom. The maximum Gasteiger partial charge on any atom is 0.257 e. The first-order valence-electron chi connectivity index (χ1n) is 5.92. The van der Waals surface area contributed by atoms with Gasteiger partial charge in [0.2, 0.25) is 0 Å². The molecule has 0 saturated carbocycles. The summed E-state index contributed by atoms with van der Waals surface area (Å²) in [5, 5.41) is 7.46. The van der Waals surface area contributed by atoms with Gasteiger partial charge in [0.15, 0.2) is 10.3 Å². The van der Waals surface area contributed by atoms with Gasteiger partial charge in [0.25, 0.3) is 5.91 Å². The van der Waals surface area contributed by atoms with Crippen LogP contribution < -0.4 is 0 Å². The molecule has 7 heteroatoms. The highest BCUT2D eigenvalue weighted by Gasteiger charge is 2.23. The molecule has 1 unspecified atom stereocenters. The Morgan fingerprint density at radius 3 is 2.65 bits per heavy atom. The quantitative estimate of drug-likeness (QED) is 0.855. The number of amides is 1. The number of aryl methyl sites for hydroxylation is 1. The van der Waals surface area contributed by atoms with Crippen molar-refractivity contribution in [3.8, 4) is 0 Å². The molecule has 2 heterocycles. The maximum atomic E-state index is 12.5. The lowest BCUT2D eigenvalue weighted by Crippen LogP contribution is -2.29. The van der Waals surface area contributed by atoms with Crippen LogP contribution in [0.15, 0.2) is 18.2 Å². The number of halogens is 2. The lowest BCUT2D eigenvalue weighted by Gasteiger charge is -2.24. The number of hydrogen-bond acceptors (Lipinski definition) is 4. The van der Waals surface area contributed by atoms with E-state index >= 15 is 0 Å². The number of hydrogen-bond donors (Lipinski definition) is 0. The van der Waals surface area contributed by atoms with E-state index in [1.54, 1.807) is 23.3 Å². The molecule has 0 aliphatic heterocycles. The van der Waals surface area contributed by atoms with Crippen molar-refractivity contribution in [3.63, 3.8) is 0 Å². The van der Waals surface area contributed by atoms with Gasteiger partial charge in [-0.2, -0.15) is 0 Å². The fourth-order valence-corrected chi connectivity index (χ4v) is 3.03. The van der Waals surface area contributed by atoms with E-state index in [-0.39, 0.29) is 27.8 Å². The molecule has 0 aliphatic rings. The smallest absolute Gasteiger partial charge is 0.257 e. The summed E-state index contributed by atoms with van der Waals surface area (Å²) in [7, 11) is 1.73. The third kappa shape index (κ3) is 3.11. The van der Waals surface area contributed by atoms with Gasteiger partial charge in [0, 0.05) is 16.8 Å². The van der Waals surface area contributed by atoms with E-state index in [9.17, 15) is 4.79 Å². The Morgan fingerprint density at radius 2 is 2.05 bits per heavy atom. The van der Waals surface area contributed by atoms with Crippen LogP contribution in [0.3, 0.4) is 0 Å². The monoisotopic (exact) mass is 329 g/mol. The molecule has 1 atom stereocenters. The van der Waals surface area contributed by atoms with Crippen LogP contribution in [0.4, 0.5) is 0 Å². The molecule has 0 radical (unpaired) electrons. The molecule has 2 rings (SSSR count). The summed E-state index contributed by atoms with van der Waals surface area (Å²) in [6.45, 7) is 4.00. The number of carbonyl (C=O) groups excluding carboxylic acids is 1. The van der Waals surface area contributed by atoms with Crippen molar-refractivity contribution in [1.82, 2.24) is 15.1 Å². The van der Waals surface area contributed by atoms with Crippen LogP contribution in [0.5, 0.6) is 0 Å². The fraction of sp³-hybridized carbons (Fsp3) is 0.308. The molecule has 0 aliphatic carbocycles. The molecule has 0 aromatic carbocycles. The summed E-state index contributed by atoms with van der Waals surface area (Å²) in [6.07, 6.45) is 0. The van der Waals surface area contributed by atoms with E-state index in [1.165, 1.54) is 10.9 Å². The van der Waals surface area contributed by atoms with Gasteiger partial charge in [-0.05, 0) is 32.0 Å². The minimum Gasteiger partial charge on any atom is -0.334 e. The average Bonchev–Trinajstić information content (AvgIpc) is 2.85. The standard InChI is InChI=1S/C13H13Cl2N3OS/c1-7-4-5-10(20-7)8(2)18(3)13(19)9-6-11(14)16-17-12(9)15/h4-6,8H,1-3H3. The van der Waals surface area contributed by atoms with Crippen molar-refractivity contribution in [1.29, 1.82) is 0 Å². The molecule has 0 fully saturated rings. The van der Waals surface area contributed by atoms with Gasteiger partial charge in [-0.25, -0.2) is 0 Å². The van der Waals surface area contributed by atoms with E-state index in [2.05, 4.69) is 10.2 Å². The number of nitrogens with zero attached hydrogens (tertiary/aromatic N) is 3. The predicted molar refractivity (Wildman–Crippen MR) is 81.6 cm³/mol. The van der Waals surface area contributed by atoms with Crippen LogP contribution in [0.2, 0.25) is 10.3 Å². The molecule has 20 heavy (non-hydrogen) atoms. The highest BCUT2D eigenvalue weighted by Crippen LogP contribution is 2.28. The van der Waals surface area contributed by atoms with E-state index in [1.807, 2.05) is 26.0 Å². The van der Waals surface area contributed by atoms with Crippen molar-refractivity contribution in [2.75, 3.05) is 7.05 Å². The fourth-order valence-electron chi connectivity index (χ4n) is 1.74. The van der Waals surface area contributed by atoms with Crippen LogP contribution in [-0.2, 0) is 0 Å². The lowest BCUT2D eigenvalue weighted by atomic mass is 10.2. The van der Waals surface area contributed by atoms with Crippen LogP contribution >= 0.6 is 34.5 Å². The Balaban J connectivity index is 2.26. The second-order valence-corrected chi connectivity index (χ2v) is 6.48. The molecule has 106 valence electrons. The minimum absolute atomic E-state index is 0.0517. The van der Waals surface area contributed by atoms with Gasteiger partial charge in [-0.3, -0.25) is 4.79 Å². The highest BCUT2D eigenvalue weighted by atomic mass is 35.5. The second kappa shape index (κ2) is 6.08. The molecule has 2 aromatic rings. The van der Waals surface area contributed by atoms with E-state index in [0.717, 1.165) is 4.88 Å². The summed E-state index contributed by atoms with van der Waals surface area (Å²) in [6, 6.07) is 5.44. The van der Waals surface area contributed by atoms with Crippen LogP contribution in [-0.4, -0.2) is 28.1 Å². The number of aromatic nitrogens is 2. The van der Waals surface area contributed by atoms with Crippen molar-refractivity contribution in [2.45, 2.75) is 19.9 Å². The van der Waals surface area contributed by atoms with E-state index in [0.29, 0.717) is 0 Å². The van der Waals surface area contributed by atoms with Gasteiger partial charge in [-0.1, -0.05) is 23.2 Å². The lowest BCUT2D eigenvalue weighted by molar-refractivity contribution is 0.0744. The number of carbonyl (C=O) groups is 1. The largest absolute Gasteiger partial charge is 0.334 e. The first-order chi connectivity index (χ1) is 9.40. The van der Waals surface area contributed by atoms with Gasteiger partial charge in [0.1, 0.15) is 0 Å². The number of thiophene rings is 1. The molecular weight excluding hydrogens is 317 g/mol.